The minimum Gasteiger partial charge on any atom is -0.476 e. The molecule has 29 heavy (non-hydrogen) atoms. The largest absolute Gasteiger partial charge is 0.476 e. The van der Waals surface area contributed by atoms with Gasteiger partial charge in [-0.3, -0.25) is 0 Å². The van der Waals surface area contributed by atoms with Crippen molar-refractivity contribution in [3.05, 3.63) is 53.8 Å². The molecule has 158 valence electrons. The van der Waals surface area contributed by atoms with Crippen LogP contribution in [0.15, 0.2) is 46.2 Å². The molecule has 0 radical (unpaired) electrons. The first kappa shape index (κ1) is 23.0. The van der Waals surface area contributed by atoms with Gasteiger partial charge in [0.2, 0.25) is 10.0 Å². The molecule has 0 atom stereocenters. The van der Waals surface area contributed by atoms with Crippen LogP contribution in [0.2, 0.25) is 0 Å². The Bertz CT molecular complexity index is 929. The summed E-state index contributed by atoms with van der Waals surface area (Å²) in [5.74, 6) is -3.81. The molecule has 0 amide bonds. The van der Waals surface area contributed by atoms with Crippen LogP contribution in [0.25, 0.3) is 0 Å². The fraction of sp³-hybridized carbons (Fsp3) is 0.278. The molecule has 2 aromatic carbocycles. The van der Waals surface area contributed by atoms with E-state index in [4.69, 9.17) is 4.74 Å². The molecule has 11 heteroatoms. The molecule has 0 saturated carbocycles. The smallest absolute Gasteiger partial charge is 0.344 e. The number of hydrogen-bond acceptors (Lipinski definition) is 6. The van der Waals surface area contributed by atoms with E-state index in [-0.39, 0.29) is 28.7 Å². The molecule has 0 bridgehead atoms. The monoisotopic (exact) mass is 449 g/mol. The number of benzene rings is 2. The lowest BCUT2D eigenvalue weighted by Gasteiger charge is -2.10. The fourth-order valence-electron chi connectivity index (χ4n) is 2.13. The lowest BCUT2D eigenvalue weighted by Crippen LogP contribution is -2.26. The van der Waals surface area contributed by atoms with Crippen LogP contribution in [0.4, 0.5) is 13.2 Å². The van der Waals surface area contributed by atoms with Gasteiger partial charge in [-0.1, -0.05) is 0 Å². The van der Waals surface area contributed by atoms with Gasteiger partial charge in [0.25, 0.3) is 0 Å². The number of halogens is 3. The quantitative estimate of drug-likeness (QED) is 0.341. The number of carbonyl (C=O) groups is 1. The molecular formula is C18H18F3NO5S2. The number of esters is 1. The molecule has 6 nitrogen and oxygen atoms in total. The second-order valence-corrected chi connectivity index (χ2v) is 8.45. The van der Waals surface area contributed by atoms with Crippen molar-refractivity contribution in [2.75, 3.05) is 25.5 Å². The third kappa shape index (κ3) is 6.94. The Labute approximate surface area is 170 Å². The van der Waals surface area contributed by atoms with Crippen LogP contribution >= 0.6 is 11.8 Å². The summed E-state index contributed by atoms with van der Waals surface area (Å²) in [7, 11) is -3.82. The molecule has 2 rings (SSSR count). The predicted molar refractivity (Wildman–Crippen MR) is 101 cm³/mol. The van der Waals surface area contributed by atoms with Gasteiger partial charge < -0.3 is 9.47 Å². The lowest BCUT2D eigenvalue weighted by atomic mass is 10.3. The minimum atomic E-state index is -3.82. The highest BCUT2D eigenvalue weighted by Gasteiger charge is 2.16. The Morgan fingerprint density at radius 1 is 1.10 bits per heavy atom. The highest BCUT2D eigenvalue weighted by molar-refractivity contribution is 7.99. The second-order valence-electron chi connectivity index (χ2n) is 5.51. The fourth-order valence-corrected chi connectivity index (χ4v) is 4.11. The maximum absolute atomic E-state index is 14.0. The van der Waals surface area contributed by atoms with Crippen molar-refractivity contribution in [1.82, 2.24) is 4.72 Å². The van der Waals surface area contributed by atoms with Crippen molar-refractivity contribution in [1.29, 1.82) is 0 Å². The van der Waals surface area contributed by atoms with E-state index >= 15 is 0 Å². The summed E-state index contributed by atoms with van der Waals surface area (Å²) < 4.78 is 76.8. The van der Waals surface area contributed by atoms with Crippen molar-refractivity contribution in [2.45, 2.75) is 16.7 Å². The number of hydrogen-bond donors (Lipinski definition) is 1. The van der Waals surface area contributed by atoms with Gasteiger partial charge in [-0.15, -0.1) is 11.8 Å². The summed E-state index contributed by atoms with van der Waals surface area (Å²) in [5.41, 5.74) is 0. The molecule has 0 fully saturated rings. The zero-order chi connectivity index (χ0) is 21.4. The molecule has 0 saturated heterocycles. The van der Waals surface area contributed by atoms with E-state index in [2.05, 4.69) is 9.46 Å². The van der Waals surface area contributed by atoms with Crippen molar-refractivity contribution in [3.8, 4) is 5.75 Å². The van der Waals surface area contributed by atoms with Crippen molar-refractivity contribution in [3.63, 3.8) is 0 Å². The maximum atomic E-state index is 14.0. The van der Waals surface area contributed by atoms with Crippen LogP contribution in [-0.4, -0.2) is 39.9 Å². The molecule has 0 aromatic heterocycles. The minimum absolute atomic E-state index is 0.0191. The summed E-state index contributed by atoms with van der Waals surface area (Å²) in [5, 5.41) is 0. The molecule has 0 aliphatic carbocycles. The summed E-state index contributed by atoms with van der Waals surface area (Å²) in [6.07, 6.45) is 0. The van der Waals surface area contributed by atoms with Gasteiger partial charge in [0, 0.05) is 17.2 Å². The Balaban J connectivity index is 1.89. The third-order valence-corrected chi connectivity index (χ3v) is 5.85. The van der Waals surface area contributed by atoms with Gasteiger partial charge in [-0.25, -0.2) is 31.1 Å². The summed E-state index contributed by atoms with van der Waals surface area (Å²) in [6.45, 7) is 1.06. The first-order chi connectivity index (χ1) is 13.7. The second kappa shape index (κ2) is 10.5. The number of nitrogens with one attached hydrogen (secondary N) is 1. The van der Waals surface area contributed by atoms with E-state index in [9.17, 15) is 26.4 Å². The van der Waals surface area contributed by atoms with Crippen LogP contribution in [-0.2, 0) is 19.6 Å². The maximum Gasteiger partial charge on any atom is 0.344 e. The third-order valence-electron chi connectivity index (χ3n) is 3.40. The molecule has 1 N–H and O–H groups in total. The summed E-state index contributed by atoms with van der Waals surface area (Å²) >= 11 is 1.01. The SMILES string of the molecule is CCOC(=O)COc1c(F)cc(SCCNS(=O)(=O)c2ccc(F)cc2)cc1F. The van der Waals surface area contributed by atoms with Crippen molar-refractivity contribution < 1.29 is 35.9 Å². The van der Waals surface area contributed by atoms with Crippen LogP contribution in [0.3, 0.4) is 0 Å². The predicted octanol–water partition coefficient (Wildman–Crippen LogP) is 3.12. The average molecular weight is 449 g/mol. The van der Waals surface area contributed by atoms with Crippen LogP contribution in [0, 0.1) is 17.5 Å². The first-order valence-electron chi connectivity index (χ1n) is 8.38. The van der Waals surface area contributed by atoms with Crippen molar-refractivity contribution >= 4 is 27.8 Å². The number of rotatable bonds is 10. The number of carbonyl (C=O) groups excluding carboxylic acids is 1. The molecule has 0 spiro atoms. The lowest BCUT2D eigenvalue weighted by molar-refractivity contribution is -0.145. The number of thioether (sulfide) groups is 1. The highest BCUT2D eigenvalue weighted by Crippen LogP contribution is 2.28. The van der Waals surface area contributed by atoms with E-state index in [0.29, 0.717) is 0 Å². The molecular weight excluding hydrogens is 431 g/mol. The van der Waals surface area contributed by atoms with Crippen LogP contribution < -0.4 is 9.46 Å². The zero-order valence-corrected chi connectivity index (χ0v) is 16.9. The number of ether oxygens (including phenoxy) is 2. The van der Waals surface area contributed by atoms with E-state index in [1.807, 2.05) is 0 Å². The van der Waals surface area contributed by atoms with E-state index in [0.717, 1.165) is 48.2 Å². The summed E-state index contributed by atoms with van der Waals surface area (Å²) in [4.78, 5) is 11.3. The normalized spacial score (nSPS) is 11.3. The molecule has 2 aromatic rings. The average Bonchev–Trinajstić information content (AvgIpc) is 2.65. The van der Waals surface area contributed by atoms with Gasteiger partial charge in [0.15, 0.2) is 24.0 Å². The highest BCUT2D eigenvalue weighted by atomic mass is 32.2. The van der Waals surface area contributed by atoms with Gasteiger partial charge in [-0.05, 0) is 43.3 Å². The molecule has 0 heterocycles. The molecule has 0 aliphatic heterocycles. The Morgan fingerprint density at radius 3 is 2.31 bits per heavy atom. The Morgan fingerprint density at radius 2 is 1.72 bits per heavy atom. The molecule has 0 aliphatic rings. The zero-order valence-electron chi connectivity index (χ0n) is 15.3. The number of sulfonamides is 1. The standard InChI is InChI=1S/C18H18F3NO5S2/c1-2-26-17(23)11-27-18-15(20)9-13(10-16(18)21)28-8-7-22-29(24,25)14-5-3-12(19)4-6-14/h3-6,9-10,22H,2,7-8,11H2,1H3. The van der Waals surface area contributed by atoms with Gasteiger partial charge in [0.1, 0.15) is 5.82 Å². The Kier molecular flexibility index (Phi) is 8.35. The van der Waals surface area contributed by atoms with E-state index in [1.54, 1.807) is 6.92 Å². The topological polar surface area (TPSA) is 81.7 Å². The van der Waals surface area contributed by atoms with Gasteiger partial charge in [-0.2, -0.15) is 0 Å². The van der Waals surface area contributed by atoms with Crippen molar-refractivity contribution in [2.24, 2.45) is 0 Å². The summed E-state index contributed by atoms with van der Waals surface area (Å²) in [6, 6.07) is 6.35. The first-order valence-corrected chi connectivity index (χ1v) is 10.9. The van der Waals surface area contributed by atoms with Crippen LogP contribution in [0.1, 0.15) is 6.92 Å². The van der Waals surface area contributed by atoms with E-state index in [1.165, 1.54) is 0 Å². The Hall–Kier alpha value is -2.24. The van der Waals surface area contributed by atoms with E-state index < -0.39 is 45.8 Å². The van der Waals surface area contributed by atoms with Gasteiger partial charge >= 0.3 is 5.97 Å². The molecule has 0 unspecified atom stereocenters. The van der Waals surface area contributed by atoms with Gasteiger partial charge in [0.05, 0.1) is 11.5 Å². The van der Waals surface area contributed by atoms with Crippen LogP contribution in [0.5, 0.6) is 5.75 Å².